The number of rotatable bonds is 5. The van der Waals surface area contributed by atoms with E-state index in [0.717, 1.165) is 12.8 Å². The number of ether oxygens (including phenoxy) is 4. The third-order valence-corrected chi connectivity index (χ3v) is 3.37. The second kappa shape index (κ2) is 5.45. The van der Waals surface area contributed by atoms with Gasteiger partial charge < -0.3 is 18.9 Å². The molecule has 0 spiro atoms. The van der Waals surface area contributed by atoms with Gasteiger partial charge in [-0.05, 0) is 13.3 Å². The zero-order valence-corrected chi connectivity index (χ0v) is 10.3. The van der Waals surface area contributed by atoms with Gasteiger partial charge in [0.25, 0.3) is 0 Å². The highest BCUT2D eigenvalue weighted by atomic mass is 16.6. The molecule has 4 heteroatoms. The van der Waals surface area contributed by atoms with Crippen LogP contribution in [0, 0.1) is 0 Å². The minimum absolute atomic E-state index is 0.0591. The van der Waals surface area contributed by atoms with Crippen LogP contribution >= 0.6 is 0 Å². The number of hydrogen-bond acceptors (Lipinski definition) is 4. The van der Waals surface area contributed by atoms with Gasteiger partial charge in [0.05, 0.1) is 19.3 Å². The molecule has 4 nitrogen and oxygen atoms in total. The highest BCUT2D eigenvalue weighted by molar-refractivity contribution is 4.95. The lowest BCUT2D eigenvalue weighted by Crippen LogP contribution is -2.35. The molecule has 0 amide bonds. The highest BCUT2D eigenvalue weighted by Crippen LogP contribution is 2.30. The van der Waals surface area contributed by atoms with Crippen LogP contribution in [-0.2, 0) is 18.9 Å². The molecular formula is C12H22O4. The molecule has 0 aliphatic carbocycles. The van der Waals surface area contributed by atoms with E-state index in [1.807, 2.05) is 0 Å². The Morgan fingerprint density at radius 2 is 1.81 bits per heavy atom. The van der Waals surface area contributed by atoms with Gasteiger partial charge in [0.2, 0.25) is 0 Å². The van der Waals surface area contributed by atoms with Crippen LogP contribution in [0.15, 0.2) is 0 Å². The maximum Gasteiger partial charge on any atom is 0.115 e. The van der Waals surface area contributed by atoms with E-state index in [1.165, 1.54) is 0 Å². The molecule has 0 aromatic heterocycles. The fourth-order valence-corrected chi connectivity index (χ4v) is 2.52. The summed E-state index contributed by atoms with van der Waals surface area (Å²) < 4.78 is 22.7. The summed E-state index contributed by atoms with van der Waals surface area (Å²) in [4.78, 5) is 0. The molecule has 16 heavy (non-hydrogen) atoms. The second-order valence-electron chi connectivity index (χ2n) is 4.64. The number of hydrogen-bond donors (Lipinski definition) is 0. The predicted molar refractivity (Wildman–Crippen MR) is 59.5 cm³/mol. The topological polar surface area (TPSA) is 36.9 Å². The van der Waals surface area contributed by atoms with Gasteiger partial charge in [-0.2, -0.15) is 0 Å². The molecule has 0 N–H and O–H groups in total. The van der Waals surface area contributed by atoms with Crippen molar-refractivity contribution in [2.75, 3.05) is 20.3 Å². The lowest BCUT2D eigenvalue weighted by molar-refractivity contribution is -0.0702. The van der Waals surface area contributed by atoms with Crippen molar-refractivity contribution in [2.45, 2.75) is 57.2 Å². The second-order valence-corrected chi connectivity index (χ2v) is 4.64. The van der Waals surface area contributed by atoms with E-state index < -0.39 is 0 Å². The Kier molecular flexibility index (Phi) is 4.19. The zero-order chi connectivity index (χ0) is 11.5. The molecule has 0 saturated carbocycles. The van der Waals surface area contributed by atoms with Crippen LogP contribution in [-0.4, -0.2) is 50.8 Å². The summed E-state index contributed by atoms with van der Waals surface area (Å²) in [7, 11) is 1.70. The molecule has 94 valence electrons. The standard InChI is InChI=1S/C12H22O4/c1-4-5-8(2)16-10-7-15-11-9(13-3)6-14-12(10)11/h8-12H,4-7H2,1-3H3/t8?,9-,10+,11?,12?/m1/s1. The first-order valence-corrected chi connectivity index (χ1v) is 6.17. The van der Waals surface area contributed by atoms with E-state index in [2.05, 4.69) is 13.8 Å². The Morgan fingerprint density at radius 1 is 1.19 bits per heavy atom. The highest BCUT2D eigenvalue weighted by Gasteiger charge is 2.48. The first-order valence-electron chi connectivity index (χ1n) is 6.17. The first kappa shape index (κ1) is 12.3. The van der Waals surface area contributed by atoms with Crippen LogP contribution in [0.1, 0.15) is 26.7 Å². The van der Waals surface area contributed by atoms with Crippen molar-refractivity contribution in [1.82, 2.24) is 0 Å². The third-order valence-electron chi connectivity index (χ3n) is 3.37. The molecule has 3 unspecified atom stereocenters. The lowest BCUT2D eigenvalue weighted by Gasteiger charge is -2.21. The van der Waals surface area contributed by atoms with Crippen molar-refractivity contribution in [2.24, 2.45) is 0 Å². The molecule has 2 aliphatic rings. The van der Waals surface area contributed by atoms with Gasteiger partial charge in [-0.3, -0.25) is 0 Å². The summed E-state index contributed by atoms with van der Waals surface area (Å²) in [5.41, 5.74) is 0. The minimum atomic E-state index is 0.0591. The van der Waals surface area contributed by atoms with Crippen LogP contribution in [0.3, 0.4) is 0 Å². The Labute approximate surface area is 97.2 Å². The SMILES string of the molecule is CCCC(C)O[C@H]1COC2C1OC[C@H]2OC. The molecule has 0 bridgehead atoms. The maximum atomic E-state index is 5.95. The minimum Gasteiger partial charge on any atom is -0.376 e. The predicted octanol–water partition coefficient (Wildman–Crippen LogP) is 1.37. The lowest BCUT2D eigenvalue weighted by atomic mass is 10.1. The van der Waals surface area contributed by atoms with Gasteiger partial charge in [-0.15, -0.1) is 0 Å². The number of methoxy groups -OCH3 is 1. The van der Waals surface area contributed by atoms with Crippen LogP contribution in [0.4, 0.5) is 0 Å². The van der Waals surface area contributed by atoms with Gasteiger partial charge in [0.1, 0.15) is 24.4 Å². The van der Waals surface area contributed by atoms with Crippen LogP contribution in [0.2, 0.25) is 0 Å². The average molecular weight is 230 g/mol. The Bertz CT molecular complexity index is 221. The fourth-order valence-electron chi connectivity index (χ4n) is 2.52. The van der Waals surface area contributed by atoms with E-state index >= 15 is 0 Å². The molecule has 0 radical (unpaired) electrons. The number of fused-ring (bicyclic) bond motifs is 1. The Balaban J connectivity index is 1.85. The van der Waals surface area contributed by atoms with E-state index in [-0.39, 0.29) is 30.5 Å². The summed E-state index contributed by atoms with van der Waals surface area (Å²) in [6, 6.07) is 0. The summed E-state index contributed by atoms with van der Waals surface area (Å²) in [5, 5.41) is 0. The molecule has 0 aromatic rings. The van der Waals surface area contributed by atoms with E-state index in [4.69, 9.17) is 18.9 Å². The fraction of sp³-hybridized carbons (Fsp3) is 1.00. The normalized spacial score (nSPS) is 39.9. The quantitative estimate of drug-likeness (QED) is 0.715. The zero-order valence-electron chi connectivity index (χ0n) is 10.3. The molecule has 2 aliphatic heterocycles. The van der Waals surface area contributed by atoms with Crippen molar-refractivity contribution in [3.8, 4) is 0 Å². The molecule has 2 saturated heterocycles. The largest absolute Gasteiger partial charge is 0.376 e. The molecule has 2 heterocycles. The smallest absolute Gasteiger partial charge is 0.115 e. The van der Waals surface area contributed by atoms with Crippen molar-refractivity contribution in [3.05, 3.63) is 0 Å². The molecule has 0 aromatic carbocycles. The first-order chi connectivity index (χ1) is 7.76. The van der Waals surface area contributed by atoms with E-state index in [1.54, 1.807) is 7.11 Å². The van der Waals surface area contributed by atoms with Gasteiger partial charge in [-0.1, -0.05) is 13.3 Å². The van der Waals surface area contributed by atoms with Gasteiger partial charge >= 0.3 is 0 Å². The van der Waals surface area contributed by atoms with Crippen molar-refractivity contribution in [1.29, 1.82) is 0 Å². The van der Waals surface area contributed by atoms with Gasteiger partial charge in [-0.25, -0.2) is 0 Å². The van der Waals surface area contributed by atoms with Crippen molar-refractivity contribution >= 4 is 0 Å². The Morgan fingerprint density at radius 3 is 2.44 bits per heavy atom. The molecule has 2 fully saturated rings. The Hall–Kier alpha value is -0.160. The maximum absolute atomic E-state index is 5.95. The third kappa shape index (κ3) is 2.40. The monoisotopic (exact) mass is 230 g/mol. The van der Waals surface area contributed by atoms with Crippen LogP contribution in [0.5, 0.6) is 0 Å². The van der Waals surface area contributed by atoms with Crippen LogP contribution < -0.4 is 0 Å². The van der Waals surface area contributed by atoms with Crippen molar-refractivity contribution in [3.63, 3.8) is 0 Å². The summed E-state index contributed by atoms with van der Waals surface area (Å²) in [5.74, 6) is 0. The van der Waals surface area contributed by atoms with Gasteiger partial charge in [0.15, 0.2) is 0 Å². The summed E-state index contributed by atoms with van der Waals surface area (Å²) >= 11 is 0. The summed E-state index contributed by atoms with van der Waals surface area (Å²) in [6.45, 7) is 5.53. The van der Waals surface area contributed by atoms with E-state index in [0.29, 0.717) is 13.2 Å². The van der Waals surface area contributed by atoms with Crippen LogP contribution in [0.25, 0.3) is 0 Å². The molecule has 5 atom stereocenters. The molecular weight excluding hydrogens is 208 g/mol. The molecule has 2 rings (SSSR count). The van der Waals surface area contributed by atoms with E-state index in [9.17, 15) is 0 Å². The van der Waals surface area contributed by atoms with Crippen molar-refractivity contribution < 1.29 is 18.9 Å². The van der Waals surface area contributed by atoms with Gasteiger partial charge in [0, 0.05) is 7.11 Å². The summed E-state index contributed by atoms with van der Waals surface area (Å²) in [6.07, 6.45) is 2.77. The average Bonchev–Trinajstić information content (AvgIpc) is 2.81.